The van der Waals surface area contributed by atoms with Gasteiger partial charge < -0.3 is 16.0 Å². The summed E-state index contributed by atoms with van der Waals surface area (Å²) in [6.07, 6.45) is 5.93. The van der Waals surface area contributed by atoms with Crippen molar-refractivity contribution < 1.29 is 9.59 Å². The lowest BCUT2D eigenvalue weighted by Gasteiger charge is -2.27. The highest BCUT2D eigenvalue weighted by Gasteiger charge is 2.22. The molecule has 22 heavy (non-hydrogen) atoms. The zero-order valence-electron chi connectivity index (χ0n) is 13.0. The molecule has 1 aliphatic rings. The van der Waals surface area contributed by atoms with Crippen molar-refractivity contribution in [2.75, 3.05) is 25.0 Å². The molecule has 1 aromatic rings. The lowest BCUT2D eigenvalue weighted by atomic mass is 9.84. The first-order valence-electron chi connectivity index (χ1n) is 7.82. The predicted molar refractivity (Wildman–Crippen MR) is 85.3 cm³/mol. The van der Waals surface area contributed by atoms with Crippen molar-refractivity contribution in [1.82, 2.24) is 15.6 Å². The quantitative estimate of drug-likeness (QED) is 0.736. The average Bonchev–Trinajstić information content (AvgIpc) is 2.55. The van der Waals surface area contributed by atoms with Gasteiger partial charge in [-0.15, -0.1) is 0 Å². The molecule has 0 aliphatic carbocycles. The number of pyridine rings is 1. The second-order valence-corrected chi connectivity index (χ2v) is 5.84. The number of carbonyl (C=O) groups excluding carboxylic acids is 2. The summed E-state index contributed by atoms with van der Waals surface area (Å²) >= 11 is 0. The number of hydrogen-bond acceptors (Lipinski definition) is 4. The Labute approximate surface area is 131 Å². The van der Waals surface area contributed by atoms with E-state index in [4.69, 9.17) is 0 Å². The van der Waals surface area contributed by atoms with Crippen LogP contribution in [0.5, 0.6) is 0 Å². The topological polar surface area (TPSA) is 83.1 Å². The zero-order chi connectivity index (χ0) is 15.8. The van der Waals surface area contributed by atoms with E-state index in [0.29, 0.717) is 23.9 Å². The van der Waals surface area contributed by atoms with Crippen molar-refractivity contribution in [3.05, 3.63) is 24.5 Å². The van der Waals surface area contributed by atoms with E-state index in [1.165, 1.54) is 0 Å². The molecule has 1 aromatic heterocycles. The summed E-state index contributed by atoms with van der Waals surface area (Å²) in [4.78, 5) is 27.6. The lowest BCUT2D eigenvalue weighted by molar-refractivity contribution is -0.125. The Hall–Kier alpha value is -1.95. The van der Waals surface area contributed by atoms with E-state index < -0.39 is 0 Å². The average molecular weight is 304 g/mol. The van der Waals surface area contributed by atoms with Crippen molar-refractivity contribution in [2.24, 2.45) is 11.8 Å². The van der Waals surface area contributed by atoms with Crippen LogP contribution >= 0.6 is 0 Å². The first kappa shape index (κ1) is 16.4. The summed E-state index contributed by atoms with van der Waals surface area (Å²) in [5, 5.41) is 8.70. The molecule has 3 N–H and O–H groups in total. The molecule has 1 fully saturated rings. The normalized spacial score (nSPS) is 16.8. The largest absolute Gasteiger partial charge is 0.347 e. The van der Waals surface area contributed by atoms with Crippen LogP contribution in [-0.2, 0) is 9.59 Å². The minimum Gasteiger partial charge on any atom is -0.347 e. The molecule has 1 unspecified atom stereocenters. The zero-order valence-corrected chi connectivity index (χ0v) is 13.0. The van der Waals surface area contributed by atoms with E-state index in [1.807, 2.05) is 0 Å². The van der Waals surface area contributed by atoms with E-state index in [-0.39, 0.29) is 18.4 Å². The minimum absolute atomic E-state index is 0.00727. The minimum atomic E-state index is -0.240. The third-order valence-electron chi connectivity index (χ3n) is 4.09. The molecule has 1 atom stereocenters. The summed E-state index contributed by atoms with van der Waals surface area (Å²) < 4.78 is 0. The first-order chi connectivity index (χ1) is 10.6. The molecule has 6 nitrogen and oxygen atoms in total. The number of piperidine rings is 1. The fourth-order valence-electron chi connectivity index (χ4n) is 2.77. The number of rotatable bonds is 6. The second kappa shape index (κ2) is 8.48. The van der Waals surface area contributed by atoms with Gasteiger partial charge in [-0.2, -0.15) is 0 Å². The third-order valence-corrected chi connectivity index (χ3v) is 4.09. The Bertz CT molecular complexity index is 486. The maximum atomic E-state index is 11.9. The molecule has 0 spiro atoms. The Morgan fingerprint density at radius 2 is 2.14 bits per heavy atom. The van der Waals surface area contributed by atoms with Crippen LogP contribution in [0.1, 0.15) is 26.2 Å². The van der Waals surface area contributed by atoms with Crippen molar-refractivity contribution in [2.45, 2.75) is 26.2 Å². The van der Waals surface area contributed by atoms with Crippen molar-refractivity contribution in [3.8, 4) is 0 Å². The molecule has 120 valence electrons. The molecule has 2 amide bonds. The molecule has 0 aromatic carbocycles. The van der Waals surface area contributed by atoms with E-state index in [2.05, 4.69) is 27.9 Å². The highest BCUT2D eigenvalue weighted by molar-refractivity contribution is 5.94. The second-order valence-electron chi connectivity index (χ2n) is 5.84. The van der Waals surface area contributed by atoms with Crippen LogP contribution in [0.25, 0.3) is 0 Å². The number of hydrogen-bond donors (Lipinski definition) is 3. The van der Waals surface area contributed by atoms with Crippen LogP contribution in [0.15, 0.2) is 24.5 Å². The summed E-state index contributed by atoms with van der Waals surface area (Å²) in [6, 6.07) is 3.50. The smallest absolute Gasteiger partial charge is 0.243 e. The number of aromatic nitrogens is 1. The van der Waals surface area contributed by atoms with E-state index in [9.17, 15) is 9.59 Å². The Morgan fingerprint density at radius 1 is 1.36 bits per heavy atom. The van der Waals surface area contributed by atoms with Gasteiger partial charge in [0, 0.05) is 12.6 Å². The van der Waals surface area contributed by atoms with Gasteiger partial charge in [-0.05, 0) is 49.9 Å². The van der Waals surface area contributed by atoms with E-state index in [0.717, 1.165) is 25.9 Å². The SMILES string of the molecule is CC(CC(=O)NCC(=O)Nc1cccnc1)C1CCNCC1. The summed E-state index contributed by atoms with van der Waals surface area (Å²) in [5.74, 6) is 0.642. The number of anilines is 1. The van der Waals surface area contributed by atoms with E-state index in [1.54, 1.807) is 24.5 Å². The van der Waals surface area contributed by atoms with Gasteiger partial charge in [0.1, 0.15) is 0 Å². The number of amides is 2. The Kier molecular flexibility index (Phi) is 6.33. The number of nitrogens with one attached hydrogen (secondary N) is 3. The van der Waals surface area contributed by atoms with Gasteiger partial charge in [-0.25, -0.2) is 0 Å². The van der Waals surface area contributed by atoms with Gasteiger partial charge in [0.25, 0.3) is 0 Å². The third kappa shape index (κ3) is 5.44. The van der Waals surface area contributed by atoms with Crippen LogP contribution in [0, 0.1) is 11.8 Å². The molecule has 0 saturated carbocycles. The van der Waals surface area contributed by atoms with Gasteiger partial charge in [0.15, 0.2) is 0 Å². The summed E-state index contributed by atoms with van der Waals surface area (Å²) in [5.41, 5.74) is 0.629. The van der Waals surface area contributed by atoms with Gasteiger partial charge in [0.2, 0.25) is 11.8 Å². The summed E-state index contributed by atoms with van der Waals surface area (Å²) in [6.45, 7) is 4.17. The highest BCUT2D eigenvalue weighted by Crippen LogP contribution is 2.23. The highest BCUT2D eigenvalue weighted by atomic mass is 16.2. The fraction of sp³-hybridized carbons (Fsp3) is 0.562. The molecular formula is C16H24N4O2. The monoisotopic (exact) mass is 304 g/mol. The van der Waals surface area contributed by atoms with Crippen molar-refractivity contribution in [3.63, 3.8) is 0 Å². The maximum Gasteiger partial charge on any atom is 0.243 e. The fourth-order valence-corrected chi connectivity index (χ4v) is 2.77. The van der Waals surface area contributed by atoms with Crippen LogP contribution in [0.3, 0.4) is 0 Å². The lowest BCUT2D eigenvalue weighted by Crippen LogP contribution is -2.36. The van der Waals surface area contributed by atoms with Gasteiger partial charge in [0.05, 0.1) is 18.4 Å². The standard InChI is InChI=1S/C16H24N4O2/c1-12(13-4-7-17-8-5-13)9-15(21)19-11-16(22)20-14-3-2-6-18-10-14/h2-3,6,10,12-13,17H,4-5,7-9,11H2,1H3,(H,19,21)(H,20,22). The van der Waals surface area contributed by atoms with Crippen LogP contribution in [0.4, 0.5) is 5.69 Å². The van der Waals surface area contributed by atoms with Gasteiger partial charge in [-0.1, -0.05) is 6.92 Å². The van der Waals surface area contributed by atoms with Crippen molar-refractivity contribution in [1.29, 1.82) is 0 Å². The molecule has 1 saturated heterocycles. The van der Waals surface area contributed by atoms with Crippen LogP contribution in [0.2, 0.25) is 0 Å². The molecule has 0 radical (unpaired) electrons. The molecule has 2 rings (SSSR count). The van der Waals surface area contributed by atoms with Crippen LogP contribution < -0.4 is 16.0 Å². The molecule has 1 aliphatic heterocycles. The number of nitrogens with zero attached hydrogens (tertiary/aromatic N) is 1. The first-order valence-corrected chi connectivity index (χ1v) is 7.82. The Balaban J connectivity index is 1.67. The molecule has 6 heteroatoms. The van der Waals surface area contributed by atoms with Crippen molar-refractivity contribution >= 4 is 17.5 Å². The van der Waals surface area contributed by atoms with Gasteiger partial charge >= 0.3 is 0 Å². The Morgan fingerprint density at radius 3 is 2.82 bits per heavy atom. The van der Waals surface area contributed by atoms with E-state index >= 15 is 0 Å². The molecular weight excluding hydrogens is 280 g/mol. The predicted octanol–water partition coefficient (Wildman–Crippen LogP) is 1.16. The maximum absolute atomic E-state index is 11.9. The molecule has 2 heterocycles. The summed E-state index contributed by atoms with van der Waals surface area (Å²) in [7, 11) is 0. The van der Waals surface area contributed by atoms with Gasteiger partial charge in [-0.3, -0.25) is 14.6 Å². The molecule has 0 bridgehead atoms. The van der Waals surface area contributed by atoms with Crippen LogP contribution in [-0.4, -0.2) is 36.4 Å². The number of carbonyl (C=O) groups is 2.